The van der Waals surface area contributed by atoms with E-state index in [1.54, 1.807) is 12.1 Å². The van der Waals surface area contributed by atoms with Crippen LogP contribution in [0.15, 0.2) is 47.3 Å². The average Bonchev–Trinajstić information content (AvgIpc) is 2.47. The Bertz CT molecular complexity index is 837. The molecule has 0 bridgehead atoms. The first kappa shape index (κ1) is 13.2. The predicted molar refractivity (Wildman–Crippen MR) is 85.3 cm³/mol. The molecule has 0 radical (unpaired) electrons. The van der Waals surface area contributed by atoms with Gasteiger partial charge in [0.1, 0.15) is 0 Å². The summed E-state index contributed by atoms with van der Waals surface area (Å²) < 4.78 is 0. The maximum atomic E-state index is 11.9. The molecule has 5 nitrogen and oxygen atoms in total. The highest BCUT2D eigenvalue weighted by Gasteiger charge is 2.03. The topological polar surface area (TPSA) is 83.8 Å². The summed E-state index contributed by atoms with van der Waals surface area (Å²) >= 11 is 0. The van der Waals surface area contributed by atoms with Crippen molar-refractivity contribution >= 4 is 22.5 Å². The number of H-pyrrole nitrogens is 1. The Kier molecular flexibility index (Phi) is 3.31. The summed E-state index contributed by atoms with van der Waals surface area (Å²) in [4.78, 5) is 18.5. The zero-order valence-corrected chi connectivity index (χ0v) is 11.7. The van der Waals surface area contributed by atoms with Crippen molar-refractivity contribution in [1.82, 2.24) is 9.97 Å². The molecule has 21 heavy (non-hydrogen) atoms. The summed E-state index contributed by atoms with van der Waals surface area (Å²) in [6.45, 7) is 2.76. The van der Waals surface area contributed by atoms with Gasteiger partial charge < -0.3 is 11.1 Å². The van der Waals surface area contributed by atoms with Crippen molar-refractivity contribution in [2.24, 2.45) is 0 Å². The number of aromatic amines is 1. The maximum absolute atomic E-state index is 11.9. The first-order valence-corrected chi connectivity index (χ1v) is 6.71. The molecule has 4 N–H and O–H groups in total. The highest BCUT2D eigenvalue weighted by Crippen LogP contribution is 2.16. The van der Waals surface area contributed by atoms with Gasteiger partial charge in [-0.15, -0.1) is 0 Å². The molecule has 0 aliphatic carbocycles. The van der Waals surface area contributed by atoms with Gasteiger partial charge in [0.25, 0.3) is 5.56 Å². The van der Waals surface area contributed by atoms with Crippen LogP contribution in [0.2, 0.25) is 0 Å². The van der Waals surface area contributed by atoms with E-state index in [4.69, 9.17) is 5.73 Å². The number of fused-ring (bicyclic) bond motifs is 1. The third-order valence-electron chi connectivity index (χ3n) is 3.34. The lowest BCUT2D eigenvalue weighted by molar-refractivity contribution is 1.14. The van der Waals surface area contributed by atoms with E-state index in [0.717, 1.165) is 5.69 Å². The van der Waals surface area contributed by atoms with Crippen LogP contribution >= 0.6 is 0 Å². The van der Waals surface area contributed by atoms with Crippen molar-refractivity contribution in [3.8, 4) is 0 Å². The first-order chi connectivity index (χ1) is 10.1. The van der Waals surface area contributed by atoms with Gasteiger partial charge in [-0.05, 0) is 30.7 Å². The Morgan fingerprint density at radius 3 is 2.71 bits per heavy atom. The van der Waals surface area contributed by atoms with Gasteiger partial charge in [0, 0.05) is 12.2 Å². The van der Waals surface area contributed by atoms with Gasteiger partial charge in [0.05, 0.1) is 10.9 Å². The molecule has 106 valence electrons. The van der Waals surface area contributed by atoms with Crippen LogP contribution in [-0.4, -0.2) is 9.97 Å². The normalized spacial score (nSPS) is 10.7. The molecule has 3 aromatic rings. The zero-order chi connectivity index (χ0) is 14.8. The number of hydrogen-bond acceptors (Lipinski definition) is 4. The fourth-order valence-electron chi connectivity index (χ4n) is 2.18. The fourth-order valence-corrected chi connectivity index (χ4v) is 2.18. The molecule has 0 aliphatic heterocycles. The molecule has 0 aliphatic rings. The van der Waals surface area contributed by atoms with Crippen molar-refractivity contribution in [1.29, 1.82) is 0 Å². The van der Waals surface area contributed by atoms with Gasteiger partial charge in [-0.1, -0.05) is 29.8 Å². The number of nitrogens with two attached hydrogens (primary N) is 1. The lowest BCUT2D eigenvalue weighted by Gasteiger charge is -2.08. The lowest BCUT2D eigenvalue weighted by Crippen LogP contribution is -2.11. The van der Waals surface area contributed by atoms with Gasteiger partial charge in [-0.25, -0.2) is 4.98 Å². The molecular weight excluding hydrogens is 264 g/mol. The lowest BCUT2D eigenvalue weighted by atomic mass is 10.1. The van der Waals surface area contributed by atoms with Crippen molar-refractivity contribution in [3.63, 3.8) is 0 Å². The molecule has 1 heterocycles. The van der Waals surface area contributed by atoms with Crippen LogP contribution < -0.4 is 16.6 Å². The van der Waals surface area contributed by atoms with E-state index in [9.17, 15) is 4.79 Å². The molecule has 5 heteroatoms. The summed E-state index contributed by atoms with van der Waals surface area (Å²) in [5.41, 5.74) is 9.19. The highest BCUT2D eigenvalue weighted by molar-refractivity contribution is 5.82. The van der Waals surface area contributed by atoms with E-state index < -0.39 is 0 Å². The van der Waals surface area contributed by atoms with Gasteiger partial charge in [0.15, 0.2) is 0 Å². The van der Waals surface area contributed by atoms with Crippen molar-refractivity contribution < 1.29 is 0 Å². The van der Waals surface area contributed by atoms with E-state index in [1.807, 2.05) is 6.07 Å². The number of benzene rings is 2. The van der Waals surface area contributed by atoms with E-state index in [1.165, 1.54) is 11.1 Å². The second-order valence-corrected chi connectivity index (χ2v) is 5.02. The fraction of sp³-hybridized carbons (Fsp3) is 0.125. The second-order valence-electron chi connectivity index (χ2n) is 5.02. The number of nitrogen functional groups attached to an aromatic ring is 1. The number of nitrogens with zero attached hydrogens (tertiary/aromatic N) is 1. The highest BCUT2D eigenvalue weighted by atomic mass is 16.1. The minimum atomic E-state index is -0.225. The predicted octanol–water partition coefficient (Wildman–Crippen LogP) is 2.43. The number of aryl methyl sites for hydroxylation is 1. The van der Waals surface area contributed by atoms with Gasteiger partial charge in [-0.3, -0.25) is 9.78 Å². The standard InChI is InChI=1S/C16H16N4O/c1-10-2-4-11(5-3-10)9-18-12-6-7-14-13(8-12)15(21)20-16(17)19-14/h2-8,18H,9H2,1H3,(H3,17,19,20,21). The molecular formula is C16H16N4O. The quantitative estimate of drug-likeness (QED) is 0.688. The molecule has 3 rings (SSSR count). The number of hydrogen-bond donors (Lipinski definition) is 3. The van der Waals surface area contributed by atoms with Crippen LogP contribution in [0.25, 0.3) is 10.9 Å². The molecule has 0 atom stereocenters. The summed E-state index contributed by atoms with van der Waals surface area (Å²) in [6, 6.07) is 13.8. The van der Waals surface area contributed by atoms with Gasteiger partial charge in [0.2, 0.25) is 5.95 Å². The third-order valence-corrected chi connectivity index (χ3v) is 3.34. The van der Waals surface area contributed by atoms with Crippen molar-refractivity contribution in [3.05, 3.63) is 63.9 Å². The monoisotopic (exact) mass is 280 g/mol. The Hall–Kier alpha value is -2.82. The molecule has 1 aromatic heterocycles. The van der Waals surface area contributed by atoms with Crippen LogP contribution in [0.3, 0.4) is 0 Å². The number of rotatable bonds is 3. The zero-order valence-electron chi connectivity index (χ0n) is 11.7. The van der Waals surface area contributed by atoms with Gasteiger partial charge in [-0.2, -0.15) is 0 Å². The average molecular weight is 280 g/mol. The Labute approximate surface area is 121 Å². The Morgan fingerprint density at radius 2 is 1.95 bits per heavy atom. The minimum absolute atomic E-state index is 0.132. The molecule has 0 spiro atoms. The number of aromatic nitrogens is 2. The van der Waals surface area contributed by atoms with Crippen molar-refractivity contribution in [2.45, 2.75) is 13.5 Å². The summed E-state index contributed by atoms with van der Waals surface area (Å²) in [7, 11) is 0. The molecule has 0 amide bonds. The van der Waals surface area contributed by atoms with Crippen LogP contribution in [-0.2, 0) is 6.54 Å². The summed E-state index contributed by atoms with van der Waals surface area (Å²) in [6.07, 6.45) is 0. The van der Waals surface area contributed by atoms with E-state index in [2.05, 4.69) is 46.5 Å². The maximum Gasteiger partial charge on any atom is 0.260 e. The first-order valence-electron chi connectivity index (χ1n) is 6.71. The minimum Gasteiger partial charge on any atom is -0.381 e. The van der Waals surface area contributed by atoms with Crippen LogP contribution in [0, 0.1) is 6.92 Å². The number of nitrogens with one attached hydrogen (secondary N) is 2. The second kappa shape index (κ2) is 5.28. The third kappa shape index (κ3) is 2.86. The molecule has 2 aromatic carbocycles. The van der Waals surface area contributed by atoms with E-state index in [-0.39, 0.29) is 11.5 Å². The number of anilines is 2. The SMILES string of the molecule is Cc1ccc(CNc2ccc3nc(N)[nH]c(=O)c3c2)cc1. The molecule has 0 unspecified atom stereocenters. The Balaban J connectivity index is 1.84. The molecule has 0 fully saturated rings. The van der Waals surface area contributed by atoms with E-state index >= 15 is 0 Å². The largest absolute Gasteiger partial charge is 0.381 e. The molecule has 0 saturated heterocycles. The summed E-state index contributed by atoms with van der Waals surface area (Å²) in [5, 5.41) is 3.83. The van der Waals surface area contributed by atoms with Crippen LogP contribution in [0.4, 0.5) is 11.6 Å². The smallest absolute Gasteiger partial charge is 0.260 e. The van der Waals surface area contributed by atoms with Crippen LogP contribution in [0.1, 0.15) is 11.1 Å². The van der Waals surface area contributed by atoms with Crippen LogP contribution in [0.5, 0.6) is 0 Å². The van der Waals surface area contributed by atoms with Gasteiger partial charge >= 0.3 is 0 Å². The Morgan fingerprint density at radius 1 is 1.19 bits per heavy atom. The molecule has 0 saturated carbocycles. The van der Waals surface area contributed by atoms with E-state index in [0.29, 0.717) is 17.4 Å². The summed E-state index contributed by atoms with van der Waals surface area (Å²) in [5.74, 6) is 0.132. The van der Waals surface area contributed by atoms with Crippen molar-refractivity contribution in [2.75, 3.05) is 11.1 Å².